The van der Waals surface area contributed by atoms with Gasteiger partial charge in [-0.2, -0.15) is 0 Å². The molecular weight excluding hydrogens is 363 g/mol. The Hall–Kier alpha value is -2.80. The smallest absolute Gasteiger partial charge is 0.312 e. The van der Waals surface area contributed by atoms with Gasteiger partial charge in [-0.15, -0.1) is 0 Å². The number of esters is 1. The number of nitrogens with one attached hydrogen (secondary N) is 1. The molecule has 0 aliphatic heterocycles. The summed E-state index contributed by atoms with van der Waals surface area (Å²) in [6.07, 6.45) is -0.121. The van der Waals surface area contributed by atoms with Crippen molar-refractivity contribution in [2.45, 2.75) is 12.5 Å². The predicted molar refractivity (Wildman–Crippen MR) is 94.4 cm³/mol. The number of carbonyl (C=O) groups is 2. The molecule has 8 heteroatoms. The number of benzene rings is 2. The monoisotopic (exact) mass is 380 g/mol. The molecule has 0 saturated heterocycles. The number of hydrogen-bond donors (Lipinski definition) is 2. The van der Waals surface area contributed by atoms with E-state index in [2.05, 4.69) is 5.32 Å². The minimum Gasteiger partial charge on any atom is -0.487 e. The summed E-state index contributed by atoms with van der Waals surface area (Å²) >= 11 is 5.83. The van der Waals surface area contributed by atoms with Gasteiger partial charge in [0.15, 0.2) is 11.6 Å². The molecule has 0 aliphatic rings. The van der Waals surface area contributed by atoms with Gasteiger partial charge < -0.3 is 20.5 Å². The lowest BCUT2D eigenvalue weighted by Gasteiger charge is -2.17. The van der Waals surface area contributed by atoms with Gasteiger partial charge in [-0.3, -0.25) is 4.79 Å². The zero-order valence-corrected chi connectivity index (χ0v) is 14.5. The summed E-state index contributed by atoms with van der Waals surface area (Å²) < 4.78 is 23.6. The van der Waals surface area contributed by atoms with Gasteiger partial charge in [0.1, 0.15) is 13.2 Å². The topological polar surface area (TPSA) is 90.7 Å². The largest absolute Gasteiger partial charge is 0.487 e. The summed E-state index contributed by atoms with van der Waals surface area (Å²) in [7, 11) is 0. The number of nitrogens with two attached hydrogens (primary N) is 1. The number of primary amides is 1. The molecule has 26 heavy (non-hydrogen) atoms. The Morgan fingerprint density at radius 2 is 1.81 bits per heavy atom. The van der Waals surface area contributed by atoms with Gasteiger partial charge in [0.05, 0.1) is 12.5 Å². The van der Waals surface area contributed by atoms with E-state index in [0.717, 1.165) is 0 Å². The molecule has 1 atom stereocenters. The van der Waals surface area contributed by atoms with Crippen molar-refractivity contribution in [1.82, 2.24) is 5.32 Å². The molecule has 2 rings (SSSR count). The molecule has 2 aromatic carbocycles. The molecule has 0 heterocycles. The van der Waals surface area contributed by atoms with Gasteiger partial charge >= 0.3 is 12.0 Å². The third-order valence-corrected chi connectivity index (χ3v) is 3.65. The molecule has 6 nitrogen and oxygen atoms in total. The SMILES string of the molecule is NC(=O)N[C@@H](CC(=O)OCCOc1ccccc1F)c1ccc(Cl)cc1. The summed E-state index contributed by atoms with van der Waals surface area (Å²) in [6, 6.07) is 11.2. The number of para-hydroxylation sites is 1. The first-order valence-corrected chi connectivity index (χ1v) is 8.18. The minimum atomic E-state index is -0.763. The maximum Gasteiger partial charge on any atom is 0.312 e. The van der Waals surface area contributed by atoms with Crippen LogP contribution in [0.5, 0.6) is 5.75 Å². The Bertz CT molecular complexity index is 755. The van der Waals surface area contributed by atoms with Crippen LogP contribution in [0.25, 0.3) is 0 Å². The minimum absolute atomic E-state index is 0.00152. The maximum atomic E-state index is 13.4. The number of carbonyl (C=O) groups excluding carboxylic acids is 2. The fourth-order valence-electron chi connectivity index (χ4n) is 2.21. The molecule has 2 aromatic rings. The van der Waals surface area contributed by atoms with E-state index in [4.69, 9.17) is 26.8 Å². The third kappa shape index (κ3) is 6.25. The first-order valence-electron chi connectivity index (χ1n) is 7.80. The molecule has 0 spiro atoms. The average molecular weight is 381 g/mol. The van der Waals surface area contributed by atoms with Gasteiger partial charge in [-0.1, -0.05) is 35.9 Å². The van der Waals surface area contributed by atoms with Crippen molar-refractivity contribution >= 4 is 23.6 Å². The quantitative estimate of drug-likeness (QED) is 0.543. The standard InChI is InChI=1S/C18H18ClFN2O4/c19-13-7-5-12(6-8-13)15(22-18(21)24)11-17(23)26-10-9-25-16-4-2-1-3-14(16)20/h1-8,15H,9-11H2,(H3,21,22,24)/t15-/m0/s1. The second kappa shape index (κ2) is 9.62. The van der Waals surface area contributed by atoms with Crippen LogP contribution in [0.15, 0.2) is 48.5 Å². The molecule has 138 valence electrons. The summed E-state index contributed by atoms with van der Waals surface area (Å²) in [5.74, 6) is -0.971. The van der Waals surface area contributed by atoms with E-state index in [1.165, 1.54) is 12.1 Å². The summed E-state index contributed by atoms with van der Waals surface area (Å²) in [6.45, 7) is -0.0569. The second-order valence-electron chi connectivity index (χ2n) is 5.32. The number of hydrogen-bond acceptors (Lipinski definition) is 4. The van der Waals surface area contributed by atoms with Crippen LogP contribution in [0.2, 0.25) is 5.02 Å². The van der Waals surface area contributed by atoms with Crippen LogP contribution in [-0.4, -0.2) is 25.2 Å². The zero-order valence-electron chi connectivity index (χ0n) is 13.8. The zero-order chi connectivity index (χ0) is 18.9. The molecule has 3 N–H and O–H groups in total. The molecule has 0 radical (unpaired) electrons. The Labute approximate surface area is 155 Å². The fraction of sp³-hybridized carbons (Fsp3) is 0.222. The van der Waals surface area contributed by atoms with E-state index in [0.29, 0.717) is 10.6 Å². The van der Waals surface area contributed by atoms with Gasteiger partial charge in [0.25, 0.3) is 0 Å². The highest BCUT2D eigenvalue weighted by atomic mass is 35.5. The lowest BCUT2D eigenvalue weighted by molar-refractivity contribution is -0.144. The molecular formula is C18H18ClFN2O4. The van der Waals surface area contributed by atoms with Crippen molar-refractivity contribution in [3.8, 4) is 5.75 Å². The van der Waals surface area contributed by atoms with Gasteiger partial charge in [0, 0.05) is 5.02 Å². The Morgan fingerprint density at radius 1 is 1.12 bits per heavy atom. The summed E-state index contributed by atoms with van der Waals surface area (Å²) in [4.78, 5) is 23.1. The van der Waals surface area contributed by atoms with Crippen molar-refractivity contribution in [2.75, 3.05) is 13.2 Å². The third-order valence-electron chi connectivity index (χ3n) is 3.40. The number of halogens is 2. The van der Waals surface area contributed by atoms with Crippen molar-refractivity contribution in [3.05, 3.63) is 64.9 Å². The van der Waals surface area contributed by atoms with Crippen molar-refractivity contribution in [1.29, 1.82) is 0 Å². The van der Waals surface area contributed by atoms with Gasteiger partial charge in [-0.25, -0.2) is 9.18 Å². The maximum absolute atomic E-state index is 13.4. The van der Waals surface area contributed by atoms with Crippen LogP contribution < -0.4 is 15.8 Å². The first kappa shape index (κ1) is 19.5. The predicted octanol–water partition coefficient (Wildman–Crippen LogP) is 3.20. The lowest BCUT2D eigenvalue weighted by atomic mass is 10.0. The number of urea groups is 1. The highest BCUT2D eigenvalue weighted by molar-refractivity contribution is 6.30. The molecule has 0 aliphatic carbocycles. The van der Waals surface area contributed by atoms with E-state index in [-0.39, 0.29) is 25.4 Å². The normalized spacial score (nSPS) is 11.5. The van der Waals surface area contributed by atoms with E-state index < -0.39 is 23.9 Å². The Morgan fingerprint density at radius 3 is 2.46 bits per heavy atom. The lowest BCUT2D eigenvalue weighted by Crippen LogP contribution is -2.34. The summed E-state index contributed by atoms with van der Waals surface area (Å²) in [5.41, 5.74) is 5.81. The van der Waals surface area contributed by atoms with Crippen LogP contribution in [0.4, 0.5) is 9.18 Å². The van der Waals surface area contributed by atoms with E-state index in [1.54, 1.807) is 36.4 Å². The molecule has 0 fully saturated rings. The van der Waals surface area contributed by atoms with Crippen LogP contribution >= 0.6 is 11.6 Å². The van der Waals surface area contributed by atoms with Crippen molar-refractivity contribution in [3.63, 3.8) is 0 Å². The van der Waals surface area contributed by atoms with Crippen LogP contribution in [0.3, 0.4) is 0 Å². The summed E-state index contributed by atoms with van der Waals surface area (Å²) in [5, 5.41) is 3.01. The number of ether oxygens (including phenoxy) is 2. The van der Waals surface area contributed by atoms with Crippen LogP contribution in [0, 0.1) is 5.82 Å². The molecule has 2 amide bonds. The van der Waals surface area contributed by atoms with Crippen molar-refractivity contribution < 1.29 is 23.5 Å². The van der Waals surface area contributed by atoms with E-state index >= 15 is 0 Å². The first-order chi connectivity index (χ1) is 12.5. The van der Waals surface area contributed by atoms with E-state index in [1.807, 2.05) is 0 Å². The van der Waals surface area contributed by atoms with E-state index in [9.17, 15) is 14.0 Å². The fourth-order valence-corrected chi connectivity index (χ4v) is 2.34. The van der Waals surface area contributed by atoms with Gasteiger partial charge in [0.2, 0.25) is 0 Å². The number of rotatable bonds is 8. The Balaban J connectivity index is 1.84. The van der Waals surface area contributed by atoms with Crippen LogP contribution in [-0.2, 0) is 9.53 Å². The Kier molecular flexibility index (Phi) is 7.23. The molecule has 0 aromatic heterocycles. The molecule has 0 unspecified atom stereocenters. The van der Waals surface area contributed by atoms with Gasteiger partial charge in [-0.05, 0) is 29.8 Å². The highest BCUT2D eigenvalue weighted by Crippen LogP contribution is 2.20. The second-order valence-corrected chi connectivity index (χ2v) is 5.75. The molecule has 0 saturated carbocycles. The van der Waals surface area contributed by atoms with Crippen molar-refractivity contribution in [2.24, 2.45) is 5.73 Å². The highest BCUT2D eigenvalue weighted by Gasteiger charge is 2.18. The number of amides is 2. The average Bonchev–Trinajstić information content (AvgIpc) is 2.60. The van der Waals surface area contributed by atoms with Crippen LogP contribution in [0.1, 0.15) is 18.0 Å². The molecule has 0 bridgehead atoms.